The van der Waals surface area contributed by atoms with Crippen molar-refractivity contribution in [3.8, 4) is 17.2 Å². The Kier molecular flexibility index (Phi) is 6.11. The normalized spacial score (nSPS) is 14.4. The highest BCUT2D eigenvalue weighted by molar-refractivity contribution is 5.90. The van der Waals surface area contributed by atoms with Crippen LogP contribution in [0.5, 0.6) is 5.75 Å². The molecule has 3 N–H and O–H groups in total. The summed E-state index contributed by atoms with van der Waals surface area (Å²) in [7, 11) is 0. The summed E-state index contributed by atoms with van der Waals surface area (Å²) >= 11 is 0. The van der Waals surface area contributed by atoms with Crippen LogP contribution in [0, 0.1) is 5.82 Å². The minimum absolute atomic E-state index is 0.0795. The first kappa shape index (κ1) is 24.8. The van der Waals surface area contributed by atoms with Gasteiger partial charge in [-0.05, 0) is 30.3 Å². The van der Waals surface area contributed by atoms with E-state index in [0.29, 0.717) is 53.7 Å². The van der Waals surface area contributed by atoms with Gasteiger partial charge in [0, 0.05) is 45.3 Å². The van der Waals surface area contributed by atoms with Gasteiger partial charge in [0.1, 0.15) is 28.3 Å². The van der Waals surface area contributed by atoms with Crippen LogP contribution >= 0.6 is 0 Å². The number of nitrogens with zero attached hydrogens (tertiary/aromatic N) is 8. The first-order valence-electron chi connectivity index (χ1n) is 13.0. The third-order valence-corrected chi connectivity index (χ3v) is 7.11. The Morgan fingerprint density at radius 1 is 1.12 bits per heavy atom. The van der Waals surface area contributed by atoms with E-state index < -0.39 is 5.76 Å². The van der Waals surface area contributed by atoms with Crippen LogP contribution in [0.15, 0.2) is 62.6 Å². The average molecular weight is 561 g/mol. The number of furan rings is 1. The van der Waals surface area contributed by atoms with Crippen LogP contribution in [-0.2, 0) is 13.2 Å². The number of hydrogen-bond acceptors (Lipinski definition) is 11. The van der Waals surface area contributed by atoms with Crippen LogP contribution in [0.4, 0.5) is 16.0 Å². The average Bonchev–Trinajstić information content (AvgIpc) is 3.78. The minimum Gasteiger partial charge on any atom is -0.484 e. The summed E-state index contributed by atoms with van der Waals surface area (Å²) in [6.07, 6.45) is 3.37. The smallest absolute Gasteiger partial charge is 0.434 e. The Balaban J connectivity index is 0.977. The molecular formula is C26H25FN10O4. The Labute approximate surface area is 230 Å². The zero-order valence-electron chi connectivity index (χ0n) is 21.7. The number of nitrogen functional groups attached to an aromatic ring is 1. The molecule has 1 fully saturated rings. The summed E-state index contributed by atoms with van der Waals surface area (Å²) in [5.74, 6) is 0.280. The monoisotopic (exact) mass is 560 g/mol. The van der Waals surface area contributed by atoms with Crippen molar-refractivity contribution in [2.24, 2.45) is 0 Å². The molecule has 6 aromatic rings. The number of ether oxygens (including phenoxy) is 1. The fourth-order valence-electron chi connectivity index (χ4n) is 5.03. The van der Waals surface area contributed by atoms with E-state index in [-0.39, 0.29) is 24.3 Å². The van der Waals surface area contributed by atoms with Crippen LogP contribution in [0.2, 0.25) is 0 Å². The molecule has 7 rings (SSSR count). The SMILES string of the molecule is Nc1nc2c(ncn2CCN2CCN(c3ccc(OCc4n[nH]c(=O)o4)cc3F)CC2)c2cc(-c3ccco3)nn12. The van der Waals surface area contributed by atoms with Crippen molar-refractivity contribution in [1.29, 1.82) is 0 Å². The number of hydrogen-bond donors (Lipinski definition) is 2. The van der Waals surface area contributed by atoms with Gasteiger partial charge in [-0.3, -0.25) is 4.90 Å². The van der Waals surface area contributed by atoms with Crippen molar-refractivity contribution in [1.82, 2.24) is 39.2 Å². The predicted octanol–water partition coefficient (Wildman–Crippen LogP) is 2.14. The Bertz CT molecular complexity index is 1880. The van der Waals surface area contributed by atoms with Crippen LogP contribution in [0.3, 0.4) is 0 Å². The molecule has 6 heterocycles. The lowest BCUT2D eigenvalue weighted by molar-refractivity contribution is 0.248. The summed E-state index contributed by atoms with van der Waals surface area (Å²) < 4.78 is 34.2. The van der Waals surface area contributed by atoms with E-state index >= 15 is 0 Å². The molecule has 0 bridgehead atoms. The second-order valence-corrected chi connectivity index (χ2v) is 9.62. The number of H-pyrrole nitrogens is 1. The first-order valence-corrected chi connectivity index (χ1v) is 13.0. The van der Waals surface area contributed by atoms with Gasteiger partial charge in [0.15, 0.2) is 18.0 Å². The molecule has 1 aliphatic heterocycles. The predicted molar refractivity (Wildman–Crippen MR) is 145 cm³/mol. The maximum atomic E-state index is 14.9. The summed E-state index contributed by atoms with van der Waals surface area (Å²) in [6, 6.07) is 10.3. The highest BCUT2D eigenvalue weighted by atomic mass is 19.1. The molecule has 0 atom stereocenters. The van der Waals surface area contributed by atoms with Gasteiger partial charge in [0.2, 0.25) is 5.95 Å². The number of piperazine rings is 1. The molecule has 210 valence electrons. The molecule has 15 heteroatoms. The van der Waals surface area contributed by atoms with Gasteiger partial charge >= 0.3 is 5.76 Å². The Hall–Kier alpha value is -5.18. The van der Waals surface area contributed by atoms with Gasteiger partial charge in [-0.25, -0.2) is 19.3 Å². The molecule has 14 nitrogen and oxygen atoms in total. The van der Waals surface area contributed by atoms with Gasteiger partial charge in [0.05, 0.1) is 18.3 Å². The van der Waals surface area contributed by atoms with Gasteiger partial charge in [-0.2, -0.15) is 14.6 Å². The zero-order valence-corrected chi connectivity index (χ0v) is 21.7. The minimum atomic E-state index is -0.667. The second kappa shape index (κ2) is 10.1. The summed E-state index contributed by atoms with van der Waals surface area (Å²) in [5.41, 5.74) is 9.58. The van der Waals surface area contributed by atoms with Crippen LogP contribution in [0.1, 0.15) is 5.89 Å². The van der Waals surface area contributed by atoms with Crippen molar-refractivity contribution in [3.63, 3.8) is 0 Å². The number of anilines is 2. The van der Waals surface area contributed by atoms with Crippen molar-refractivity contribution in [2.45, 2.75) is 13.2 Å². The highest BCUT2D eigenvalue weighted by Crippen LogP contribution is 2.27. The lowest BCUT2D eigenvalue weighted by atomic mass is 10.2. The van der Waals surface area contributed by atoms with E-state index in [0.717, 1.165) is 25.2 Å². The van der Waals surface area contributed by atoms with Crippen molar-refractivity contribution in [3.05, 3.63) is 71.2 Å². The van der Waals surface area contributed by atoms with Crippen molar-refractivity contribution < 1.29 is 18.0 Å². The largest absolute Gasteiger partial charge is 0.484 e. The molecule has 41 heavy (non-hydrogen) atoms. The van der Waals surface area contributed by atoms with E-state index in [2.05, 4.69) is 30.2 Å². The maximum Gasteiger partial charge on any atom is 0.434 e. The molecule has 0 amide bonds. The van der Waals surface area contributed by atoms with Gasteiger partial charge < -0.3 is 28.8 Å². The number of fused-ring (bicyclic) bond motifs is 3. The molecule has 1 aromatic carbocycles. The van der Waals surface area contributed by atoms with E-state index in [9.17, 15) is 9.18 Å². The molecule has 0 radical (unpaired) electrons. The van der Waals surface area contributed by atoms with Crippen LogP contribution in [0.25, 0.3) is 28.1 Å². The van der Waals surface area contributed by atoms with E-state index in [4.69, 9.17) is 19.3 Å². The Morgan fingerprint density at radius 2 is 2.00 bits per heavy atom. The molecule has 0 aliphatic carbocycles. The number of nitrogens with one attached hydrogen (secondary N) is 1. The third kappa shape index (κ3) is 4.75. The van der Waals surface area contributed by atoms with Gasteiger partial charge in [-0.1, -0.05) is 0 Å². The highest BCUT2D eigenvalue weighted by Gasteiger charge is 2.21. The lowest BCUT2D eigenvalue weighted by Crippen LogP contribution is -2.47. The van der Waals surface area contributed by atoms with E-state index in [1.165, 1.54) is 6.07 Å². The molecule has 1 saturated heterocycles. The van der Waals surface area contributed by atoms with Crippen LogP contribution < -0.4 is 21.1 Å². The molecule has 0 saturated carbocycles. The number of halogens is 1. The quantitative estimate of drug-likeness (QED) is 0.280. The summed E-state index contributed by atoms with van der Waals surface area (Å²) in [5, 5.41) is 10.3. The number of aromatic nitrogens is 7. The number of nitrogens with two attached hydrogens (primary N) is 1. The second-order valence-electron chi connectivity index (χ2n) is 9.62. The first-order chi connectivity index (χ1) is 20.0. The van der Waals surface area contributed by atoms with Crippen molar-refractivity contribution >= 4 is 28.3 Å². The Morgan fingerprint density at radius 3 is 2.76 bits per heavy atom. The molecule has 1 aliphatic rings. The van der Waals surface area contributed by atoms with E-state index in [1.807, 2.05) is 21.6 Å². The molecular weight excluding hydrogens is 535 g/mol. The standard InChI is InChI=1S/C26H25FN10O4/c27-17-12-16(40-14-22-31-32-26(38)41-22)3-4-19(17)35-8-5-34(6-9-35)7-10-36-15-29-23-20-13-18(21-2-1-11-39-21)33-37(20)25(28)30-24(23)36/h1-4,11-13,15H,5-10,14H2,(H2,28,30)(H,32,38). The lowest BCUT2D eigenvalue weighted by Gasteiger charge is -2.36. The molecule has 0 unspecified atom stereocenters. The summed E-state index contributed by atoms with van der Waals surface area (Å²) in [4.78, 5) is 24.5. The topological polar surface area (TPSA) is 162 Å². The molecule has 5 aromatic heterocycles. The van der Waals surface area contributed by atoms with Gasteiger partial charge in [0.25, 0.3) is 5.89 Å². The fourth-order valence-corrected chi connectivity index (χ4v) is 5.03. The zero-order chi connectivity index (χ0) is 27.9. The summed E-state index contributed by atoms with van der Waals surface area (Å²) in [6.45, 7) is 4.28. The van der Waals surface area contributed by atoms with E-state index in [1.54, 1.807) is 35.3 Å². The number of imidazole rings is 1. The van der Waals surface area contributed by atoms with Gasteiger partial charge in [-0.15, -0.1) is 5.10 Å². The maximum absolute atomic E-state index is 14.9. The number of benzene rings is 1. The molecule has 0 spiro atoms. The van der Waals surface area contributed by atoms with Crippen molar-refractivity contribution in [2.75, 3.05) is 43.4 Å². The third-order valence-electron chi connectivity index (χ3n) is 7.11. The fraction of sp³-hybridized carbons (Fsp3) is 0.269. The number of aromatic amines is 1. The number of rotatable bonds is 8. The van der Waals surface area contributed by atoms with Crippen LogP contribution in [-0.4, -0.2) is 72.0 Å².